The molecular formula is C17H24ClN3O3. The Morgan fingerprint density at radius 2 is 2.12 bits per heavy atom. The molecule has 2 aliphatic rings. The van der Waals surface area contributed by atoms with Crippen molar-refractivity contribution in [3.05, 3.63) is 28.8 Å². The molecule has 1 aromatic carbocycles. The minimum absolute atomic E-state index is 0.103. The van der Waals surface area contributed by atoms with Crippen molar-refractivity contribution in [2.75, 3.05) is 39.8 Å². The molecule has 0 spiro atoms. The summed E-state index contributed by atoms with van der Waals surface area (Å²) in [6, 6.07) is 5.40. The van der Waals surface area contributed by atoms with Crippen molar-refractivity contribution in [1.29, 1.82) is 0 Å². The molecule has 2 atom stereocenters. The van der Waals surface area contributed by atoms with E-state index in [0.717, 1.165) is 30.9 Å². The van der Waals surface area contributed by atoms with Crippen LogP contribution in [0.3, 0.4) is 0 Å². The monoisotopic (exact) mass is 353 g/mol. The number of halogens is 1. The standard InChI is InChI=1S/C17H24ClN3O3/c1-24-16-3-2-13(18)8-12(16)11-20-4-6-21(7-5-20)17(23)15-9-14(22)10-19-15/h2-3,8,14-15,19,22H,4-7,9-11H2,1H3. The summed E-state index contributed by atoms with van der Waals surface area (Å²) in [5.74, 6) is 0.939. The summed E-state index contributed by atoms with van der Waals surface area (Å²) in [6.07, 6.45) is 0.106. The zero-order valence-electron chi connectivity index (χ0n) is 13.9. The SMILES string of the molecule is COc1ccc(Cl)cc1CN1CCN(C(=O)C2CC(O)CN2)CC1. The van der Waals surface area contributed by atoms with Crippen molar-refractivity contribution < 1.29 is 14.6 Å². The average Bonchev–Trinajstić information content (AvgIpc) is 3.02. The highest BCUT2D eigenvalue weighted by Gasteiger charge is 2.32. The van der Waals surface area contributed by atoms with Gasteiger partial charge in [0.1, 0.15) is 5.75 Å². The Hall–Kier alpha value is -1.34. The van der Waals surface area contributed by atoms with Crippen LogP contribution in [0.15, 0.2) is 18.2 Å². The second-order valence-electron chi connectivity index (χ2n) is 6.41. The van der Waals surface area contributed by atoms with Crippen LogP contribution < -0.4 is 10.1 Å². The maximum absolute atomic E-state index is 12.5. The predicted molar refractivity (Wildman–Crippen MR) is 92.3 cm³/mol. The van der Waals surface area contributed by atoms with E-state index in [9.17, 15) is 9.90 Å². The minimum atomic E-state index is -0.407. The van der Waals surface area contributed by atoms with Crippen LogP contribution >= 0.6 is 11.6 Å². The zero-order valence-corrected chi connectivity index (χ0v) is 14.6. The summed E-state index contributed by atoms with van der Waals surface area (Å²) in [5, 5.41) is 13.3. The Morgan fingerprint density at radius 3 is 2.75 bits per heavy atom. The van der Waals surface area contributed by atoms with E-state index in [1.54, 1.807) is 7.11 Å². The Kier molecular flexibility index (Phi) is 5.61. The first-order valence-electron chi connectivity index (χ1n) is 8.32. The van der Waals surface area contributed by atoms with Crippen LogP contribution in [0.25, 0.3) is 0 Å². The van der Waals surface area contributed by atoms with Gasteiger partial charge in [0.05, 0.1) is 19.3 Å². The molecule has 6 nitrogen and oxygen atoms in total. The summed E-state index contributed by atoms with van der Waals surface area (Å²) >= 11 is 6.09. The number of nitrogens with one attached hydrogen (secondary N) is 1. The van der Waals surface area contributed by atoms with E-state index in [-0.39, 0.29) is 11.9 Å². The van der Waals surface area contributed by atoms with Gasteiger partial charge in [0, 0.05) is 49.9 Å². The first kappa shape index (κ1) is 17.5. The fraction of sp³-hybridized carbons (Fsp3) is 0.588. The number of rotatable bonds is 4. The van der Waals surface area contributed by atoms with Crippen molar-refractivity contribution in [2.24, 2.45) is 0 Å². The van der Waals surface area contributed by atoms with Crippen LogP contribution in [0.5, 0.6) is 5.75 Å². The van der Waals surface area contributed by atoms with Crippen molar-refractivity contribution in [3.63, 3.8) is 0 Å². The first-order chi connectivity index (χ1) is 11.6. The molecule has 2 unspecified atom stereocenters. The number of ether oxygens (including phenoxy) is 1. The van der Waals surface area contributed by atoms with Crippen LogP contribution in [0.4, 0.5) is 0 Å². The lowest BCUT2D eigenvalue weighted by molar-refractivity contribution is -0.135. The highest BCUT2D eigenvalue weighted by Crippen LogP contribution is 2.24. The number of carbonyl (C=O) groups is 1. The van der Waals surface area contributed by atoms with E-state index in [1.165, 1.54) is 0 Å². The molecule has 2 N–H and O–H groups in total. The molecule has 2 fully saturated rings. The van der Waals surface area contributed by atoms with Crippen molar-refractivity contribution in [2.45, 2.75) is 25.1 Å². The highest BCUT2D eigenvalue weighted by molar-refractivity contribution is 6.30. The van der Waals surface area contributed by atoms with Gasteiger partial charge in [-0.05, 0) is 24.6 Å². The van der Waals surface area contributed by atoms with Crippen molar-refractivity contribution in [3.8, 4) is 5.75 Å². The van der Waals surface area contributed by atoms with Gasteiger partial charge in [0.25, 0.3) is 0 Å². The Labute approximate surface area is 147 Å². The summed E-state index contributed by atoms with van der Waals surface area (Å²) in [7, 11) is 1.66. The summed E-state index contributed by atoms with van der Waals surface area (Å²) in [6.45, 7) is 4.30. The number of aliphatic hydroxyl groups excluding tert-OH is 1. The molecule has 1 aromatic rings. The molecule has 132 valence electrons. The van der Waals surface area contributed by atoms with E-state index in [0.29, 0.717) is 31.1 Å². The number of hydrogen-bond donors (Lipinski definition) is 2. The second-order valence-corrected chi connectivity index (χ2v) is 6.84. The molecule has 24 heavy (non-hydrogen) atoms. The van der Waals surface area contributed by atoms with Gasteiger partial charge >= 0.3 is 0 Å². The molecule has 2 aliphatic heterocycles. The molecule has 2 saturated heterocycles. The molecule has 1 amide bonds. The molecule has 3 rings (SSSR count). The van der Waals surface area contributed by atoms with Crippen LogP contribution in [0, 0.1) is 0 Å². The van der Waals surface area contributed by atoms with Gasteiger partial charge in [0.15, 0.2) is 0 Å². The lowest BCUT2D eigenvalue weighted by Crippen LogP contribution is -2.52. The lowest BCUT2D eigenvalue weighted by atomic mass is 10.1. The zero-order chi connectivity index (χ0) is 17.1. The van der Waals surface area contributed by atoms with Crippen LogP contribution in [-0.2, 0) is 11.3 Å². The van der Waals surface area contributed by atoms with Gasteiger partial charge in [-0.3, -0.25) is 9.69 Å². The lowest BCUT2D eigenvalue weighted by Gasteiger charge is -2.36. The third-order valence-electron chi connectivity index (χ3n) is 4.73. The minimum Gasteiger partial charge on any atom is -0.496 e. The number of piperazine rings is 1. The predicted octanol–water partition coefficient (Wildman–Crippen LogP) is 0.716. The molecular weight excluding hydrogens is 330 g/mol. The molecule has 7 heteroatoms. The van der Waals surface area contributed by atoms with E-state index in [2.05, 4.69) is 10.2 Å². The van der Waals surface area contributed by atoms with E-state index >= 15 is 0 Å². The molecule has 0 saturated carbocycles. The molecule has 0 aromatic heterocycles. The molecule has 0 bridgehead atoms. The smallest absolute Gasteiger partial charge is 0.239 e. The summed E-state index contributed by atoms with van der Waals surface area (Å²) in [5.41, 5.74) is 1.06. The van der Waals surface area contributed by atoms with Crippen molar-refractivity contribution >= 4 is 17.5 Å². The maximum atomic E-state index is 12.5. The number of nitrogens with zero attached hydrogens (tertiary/aromatic N) is 2. The number of hydrogen-bond acceptors (Lipinski definition) is 5. The summed E-state index contributed by atoms with van der Waals surface area (Å²) in [4.78, 5) is 16.6. The van der Waals surface area contributed by atoms with Crippen LogP contribution in [-0.4, -0.2) is 72.8 Å². The third kappa shape index (κ3) is 4.00. The number of β-amino-alcohol motifs (C(OH)–C–C–N with tert-alkyl or cyclic N) is 1. The normalized spacial score (nSPS) is 25.0. The number of methoxy groups -OCH3 is 1. The highest BCUT2D eigenvalue weighted by atomic mass is 35.5. The van der Waals surface area contributed by atoms with Gasteiger partial charge in [-0.15, -0.1) is 0 Å². The van der Waals surface area contributed by atoms with Gasteiger partial charge in [-0.2, -0.15) is 0 Å². The third-order valence-corrected chi connectivity index (χ3v) is 4.96. The van der Waals surface area contributed by atoms with Crippen LogP contribution in [0.2, 0.25) is 5.02 Å². The Bertz CT molecular complexity index is 590. The maximum Gasteiger partial charge on any atom is 0.239 e. The Balaban J connectivity index is 1.54. The van der Waals surface area contributed by atoms with E-state index in [1.807, 2.05) is 23.1 Å². The average molecular weight is 354 g/mol. The number of benzene rings is 1. The quantitative estimate of drug-likeness (QED) is 0.835. The Morgan fingerprint density at radius 1 is 1.38 bits per heavy atom. The van der Waals surface area contributed by atoms with E-state index in [4.69, 9.17) is 16.3 Å². The summed E-state index contributed by atoms with van der Waals surface area (Å²) < 4.78 is 5.40. The topological polar surface area (TPSA) is 65.0 Å². The number of aliphatic hydroxyl groups is 1. The molecule has 0 aliphatic carbocycles. The van der Waals surface area contributed by atoms with Crippen molar-refractivity contribution in [1.82, 2.24) is 15.1 Å². The fourth-order valence-electron chi connectivity index (χ4n) is 3.36. The largest absolute Gasteiger partial charge is 0.496 e. The number of amides is 1. The van der Waals surface area contributed by atoms with Gasteiger partial charge < -0.3 is 20.1 Å². The second kappa shape index (κ2) is 7.70. The van der Waals surface area contributed by atoms with Gasteiger partial charge in [-0.25, -0.2) is 0 Å². The number of carbonyl (C=O) groups excluding carboxylic acids is 1. The van der Waals surface area contributed by atoms with Crippen LogP contribution in [0.1, 0.15) is 12.0 Å². The fourth-order valence-corrected chi connectivity index (χ4v) is 3.56. The first-order valence-corrected chi connectivity index (χ1v) is 8.69. The van der Waals surface area contributed by atoms with Gasteiger partial charge in [0.2, 0.25) is 5.91 Å². The van der Waals surface area contributed by atoms with E-state index < -0.39 is 6.10 Å². The van der Waals surface area contributed by atoms with Gasteiger partial charge in [-0.1, -0.05) is 11.6 Å². The molecule has 0 radical (unpaired) electrons. The molecule has 2 heterocycles.